The van der Waals surface area contributed by atoms with Crippen molar-refractivity contribution in [3.63, 3.8) is 0 Å². The second-order valence-electron chi connectivity index (χ2n) is 6.24. The van der Waals surface area contributed by atoms with Crippen molar-refractivity contribution in [1.82, 2.24) is 10.3 Å². The summed E-state index contributed by atoms with van der Waals surface area (Å²) in [6.07, 6.45) is 1.59. The van der Waals surface area contributed by atoms with Crippen molar-refractivity contribution in [1.29, 1.82) is 0 Å². The van der Waals surface area contributed by atoms with Gasteiger partial charge in [0.2, 0.25) is 0 Å². The van der Waals surface area contributed by atoms with Gasteiger partial charge in [-0.3, -0.25) is 4.79 Å². The maximum Gasteiger partial charge on any atom is 0.253 e. The summed E-state index contributed by atoms with van der Waals surface area (Å²) in [6.45, 7) is 2.61. The monoisotopic (exact) mass is 361 g/mol. The lowest BCUT2D eigenvalue weighted by molar-refractivity contribution is 0.0939. The molecule has 3 rings (SSSR count). The molecule has 2 aromatic carbocycles. The van der Waals surface area contributed by atoms with Crippen molar-refractivity contribution in [3.8, 4) is 5.75 Å². The van der Waals surface area contributed by atoms with Gasteiger partial charge in [0.05, 0.1) is 18.7 Å². The Morgan fingerprint density at radius 1 is 1.04 bits per heavy atom. The van der Waals surface area contributed by atoms with E-state index in [0.29, 0.717) is 12.1 Å². The van der Waals surface area contributed by atoms with Crippen LogP contribution in [0, 0.1) is 0 Å². The number of nitrogens with zero attached hydrogens (tertiary/aromatic N) is 1. The molecule has 1 heterocycles. The molecule has 138 valence electrons. The zero-order chi connectivity index (χ0) is 19.1. The quantitative estimate of drug-likeness (QED) is 0.662. The van der Waals surface area contributed by atoms with E-state index in [0.717, 1.165) is 22.7 Å². The SMILES string of the molecule is COc1ccc(CNc2ccc(C(=O)NC(C)c3ccccc3)cn2)cc1. The van der Waals surface area contributed by atoms with Gasteiger partial charge in [-0.25, -0.2) is 4.98 Å². The minimum Gasteiger partial charge on any atom is -0.497 e. The van der Waals surface area contributed by atoms with Crippen LogP contribution >= 0.6 is 0 Å². The number of anilines is 1. The molecule has 1 unspecified atom stereocenters. The topological polar surface area (TPSA) is 63.2 Å². The molecule has 1 aromatic heterocycles. The summed E-state index contributed by atoms with van der Waals surface area (Å²) in [5, 5.41) is 6.24. The zero-order valence-corrected chi connectivity index (χ0v) is 15.5. The van der Waals surface area contributed by atoms with Crippen LogP contribution in [0.1, 0.15) is 34.5 Å². The summed E-state index contributed by atoms with van der Waals surface area (Å²) in [5.41, 5.74) is 2.72. The van der Waals surface area contributed by atoms with Crippen LogP contribution in [0.3, 0.4) is 0 Å². The van der Waals surface area contributed by atoms with Crippen molar-refractivity contribution in [2.75, 3.05) is 12.4 Å². The number of carbonyl (C=O) groups is 1. The molecule has 0 saturated heterocycles. The molecule has 5 nitrogen and oxygen atoms in total. The molecule has 1 amide bonds. The molecule has 0 aliphatic rings. The fraction of sp³-hybridized carbons (Fsp3) is 0.182. The van der Waals surface area contributed by atoms with Crippen molar-refractivity contribution in [2.24, 2.45) is 0 Å². The van der Waals surface area contributed by atoms with E-state index in [1.54, 1.807) is 19.4 Å². The number of amides is 1. The Kier molecular flexibility index (Phi) is 6.05. The summed E-state index contributed by atoms with van der Waals surface area (Å²) in [4.78, 5) is 16.7. The Balaban J connectivity index is 1.55. The molecule has 0 radical (unpaired) electrons. The second-order valence-corrected chi connectivity index (χ2v) is 6.24. The standard InChI is InChI=1S/C22H23N3O2/c1-16(18-6-4-3-5-7-18)25-22(26)19-10-13-21(24-15-19)23-14-17-8-11-20(27-2)12-9-17/h3-13,15-16H,14H2,1-2H3,(H,23,24)(H,25,26). The van der Waals surface area contributed by atoms with E-state index in [1.165, 1.54) is 0 Å². The normalized spacial score (nSPS) is 11.5. The van der Waals surface area contributed by atoms with Crippen molar-refractivity contribution < 1.29 is 9.53 Å². The molecule has 0 aliphatic carbocycles. The fourth-order valence-corrected chi connectivity index (χ4v) is 2.67. The van der Waals surface area contributed by atoms with Crippen molar-refractivity contribution >= 4 is 11.7 Å². The minimum absolute atomic E-state index is 0.0634. The van der Waals surface area contributed by atoms with Crippen LogP contribution in [0.5, 0.6) is 5.75 Å². The van der Waals surface area contributed by atoms with Gasteiger partial charge < -0.3 is 15.4 Å². The molecule has 0 aliphatic heterocycles. The van der Waals surface area contributed by atoms with E-state index in [9.17, 15) is 4.79 Å². The lowest BCUT2D eigenvalue weighted by Gasteiger charge is -2.14. The number of benzene rings is 2. The number of carbonyl (C=O) groups excluding carboxylic acids is 1. The van der Waals surface area contributed by atoms with E-state index in [1.807, 2.05) is 67.6 Å². The number of methoxy groups -OCH3 is 1. The summed E-state index contributed by atoms with van der Waals surface area (Å²) >= 11 is 0. The Labute approximate surface area is 159 Å². The molecule has 0 fully saturated rings. The van der Waals surface area contributed by atoms with Gasteiger partial charge in [-0.15, -0.1) is 0 Å². The van der Waals surface area contributed by atoms with Crippen LogP contribution in [-0.4, -0.2) is 18.0 Å². The number of hydrogen-bond acceptors (Lipinski definition) is 4. The largest absolute Gasteiger partial charge is 0.497 e. The summed E-state index contributed by atoms with van der Waals surface area (Å²) in [5.74, 6) is 1.41. The lowest BCUT2D eigenvalue weighted by atomic mass is 10.1. The maximum absolute atomic E-state index is 12.4. The Morgan fingerprint density at radius 2 is 1.78 bits per heavy atom. The highest BCUT2D eigenvalue weighted by atomic mass is 16.5. The van der Waals surface area contributed by atoms with Gasteiger partial charge in [-0.05, 0) is 42.3 Å². The Bertz CT molecular complexity index is 862. The van der Waals surface area contributed by atoms with Gasteiger partial charge in [0.1, 0.15) is 11.6 Å². The molecule has 0 saturated carbocycles. The maximum atomic E-state index is 12.4. The number of ether oxygens (including phenoxy) is 1. The first kappa shape index (κ1) is 18.5. The number of pyridine rings is 1. The highest BCUT2D eigenvalue weighted by molar-refractivity contribution is 5.94. The molecule has 0 spiro atoms. The molecular weight excluding hydrogens is 338 g/mol. The molecule has 2 N–H and O–H groups in total. The van der Waals surface area contributed by atoms with Gasteiger partial charge in [-0.2, -0.15) is 0 Å². The molecule has 0 bridgehead atoms. The molecule has 27 heavy (non-hydrogen) atoms. The van der Waals surface area contributed by atoms with E-state index >= 15 is 0 Å². The Morgan fingerprint density at radius 3 is 2.41 bits per heavy atom. The highest BCUT2D eigenvalue weighted by Crippen LogP contribution is 2.14. The molecule has 3 aromatic rings. The van der Waals surface area contributed by atoms with Crippen LogP contribution in [0.15, 0.2) is 72.9 Å². The van der Waals surface area contributed by atoms with E-state index in [2.05, 4.69) is 15.6 Å². The fourth-order valence-electron chi connectivity index (χ4n) is 2.67. The molecule has 5 heteroatoms. The van der Waals surface area contributed by atoms with Crippen LogP contribution in [0.4, 0.5) is 5.82 Å². The van der Waals surface area contributed by atoms with Crippen molar-refractivity contribution in [2.45, 2.75) is 19.5 Å². The first-order valence-corrected chi connectivity index (χ1v) is 8.84. The number of nitrogens with one attached hydrogen (secondary N) is 2. The van der Waals surface area contributed by atoms with Gasteiger partial charge in [0.25, 0.3) is 5.91 Å². The third-order valence-electron chi connectivity index (χ3n) is 4.31. The summed E-state index contributed by atoms with van der Waals surface area (Å²) in [7, 11) is 1.65. The lowest BCUT2D eigenvalue weighted by Crippen LogP contribution is -2.26. The van der Waals surface area contributed by atoms with Crippen LogP contribution in [0.2, 0.25) is 0 Å². The number of rotatable bonds is 7. The Hall–Kier alpha value is -3.34. The van der Waals surface area contributed by atoms with E-state index in [-0.39, 0.29) is 11.9 Å². The number of aromatic nitrogens is 1. The van der Waals surface area contributed by atoms with Gasteiger partial charge in [0, 0.05) is 12.7 Å². The smallest absolute Gasteiger partial charge is 0.253 e. The third kappa shape index (κ3) is 5.07. The zero-order valence-electron chi connectivity index (χ0n) is 15.5. The van der Waals surface area contributed by atoms with Crippen molar-refractivity contribution in [3.05, 3.63) is 89.6 Å². The number of hydrogen-bond donors (Lipinski definition) is 2. The van der Waals surface area contributed by atoms with Crippen LogP contribution in [-0.2, 0) is 6.54 Å². The van der Waals surface area contributed by atoms with Crippen LogP contribution in [0.25, 0.3) is 0 Å². The first-order valence-electron chi connectivity index (χ1n) is 8.84. The highest BCUT2D eigenvalue weighted by Gasteiger charge is 2.11. The van der Waals surface area contributed by atoms with Gasteiger partial charge >= 0.3 is 0 Å². The summed E-state index contributed by atoms with van der Waals surface area (Å²) < 4.78 is 5.15. The minimum atomic E-state index is -0.138. The second kappa shape index (κ2) is 8.85. The van der Waals surface area contributed by atoms with Gasteiger partial charge in [0.15, 0.2) is 0 Å². The predicted octanol–water partition coefficient (Wildman–Crippen LogP) is 4.19. The predicted molar refractivity (Wildman–Crippen MR) is 107 cm³/mol. The molecule has 1 atom stereocenters. The van der Waals surface area contributed by atoms with Gasteiger partial charge in [-0.1, -0.05) is 42.5 Å². The first-order chi connectivity index (χ1) is 13.2. The average Bonchev–Trinajstić information content (AvgIpc) is 2.73. The molecular formula is C22H23N3O2. The summed E-state index contributed by atoms with van der Waals surface area (Å²) in [6, 6.07) is 21.2. The van der Waals surface area contributed by atoms with Crippen LogP contribution < -0.4 is 15.4 Å². The van der Waals surface area contributed by atoms with E-state index in [4.69, 9.17) is 4.74 Å². The third-order valence-corrected chi connectivity index (χ3v) is 4.31. The van der Waals surface area contributed by atoms with E-state index < -0.39 is 0 Å². The average molecular weight is 361 g/mol.